The van der Waals surface area contributed by atoms with E-state index in [9.17, 15) is 28.3 Å². The number of ketones is 1. The van der Waals surface area contributed by atoms with Gasteiger partial charge in [-0.25, -0.2) is 18.3 Å². The van der Waals surface area contributed by atoms with Gasteiger partial charge in [0.15, 0.2) is 11.5 Å². The zero-order valence-corrected chi connectivity index (χ0v) is 27.0. The van der Waals surface area contributed by atoms with Crippen LogP contribution in [0.2, 0.25) is 10.0 Å². The summed E-state index contributed by atoms with van der Waals surface area (Å²) in [6, 6.07) is 4.37. The van der Waals surface area contributed by atoms with Crippen LogP contribution < -0.4 is 5.56 Å². The first kappa shape index (κ1) is 34.3. The van der Waals surface area contributed by atoms with Gasteiger partial charge in [0.05, 0.1) is 15.6 Å². The number of aromatic nitrogens is 2. The summed E-state index contributed by atoms with van der Waals surface area (Å²) in [4.78, 5) is 35.0. The van der Waals surface area contributed by atoms with E-state index in [1.165, 1.54) is 51.2 Å². The molecule has 15 heteroatoms. The minimum Gasteiger partial charge on any atom is -0.505 e. The fourth-order valence-corrected chi connectivity index (χ4v) is 4.69. The first-order valence-electron chi connectivity index (χ1n) is 11.6. The van der Waals surface area contributed by atoms with E-state index in [0.29, 0.717) is 9.50 Å². The van der Waals surface area contributed by atoms with E-state index in [-0.39, 0.29) is 55.5 Å². The van der Waals surface area contributed by atoms with Gasteiger partial charge in [-0.1, -0.05) is 23.2 Å². The normalized spacial score (nSPS) is 11.9. The molecule has 2 N–H and O–H groups in total. The number of hydrogen-bond donors (Lipinski definition) is 2. The first-order chi connectivity index (χ1) is 19.0. The first-order valence-corrected chi connectivity index (χ1v) is 13.9. The third kappa shape index (κ3) is 8.12. The molecule has 2 aromatic carbocycles. The molecule has 220 valence electrons. The predicted molar refractivity (Wildman–Crippen MR) is 160 cm³/mol. The molecule has 0 aliphatic rings. The number of carboxylic acid groups (broad SMARTS) is 1. The summed E-state index contributed by atoms with van der Waals surface area (Å²) < 4.78 is 29.4. The Morgan fingerprint density at radius 1 is 1.10 bits per heavy atom. The highest BCUT2D eigenvalue weighted by atomic mass is 79.9. The number of carbonyl (C=O) groups is 2. The number of halogens is 6. The molecule has 0 spiro atoms. The Hall–Kier alpha value is -2.87. The van der Waals surface area contributed by atoms with E-state index in [1.54, 1.807) is 6.92 Å². The van der Waals surface area contributed by atoms with E-state index >= 15 is 0 Å². The number of benzene rings is 2. The van der Waals surface area contributed by atoms with Gasteiger partial charge in [0.2, 0.25) is 0 Å². The molecule has 0 saturated carbocycles. The van der Waals surface area contributed by atoms with Crippen LogP contribution in [0.25, 0.3) is 11.1 Å². The van der Waals surface area contributed by atoms with E-state index in [0.717, 1.165) is 10.7 Å². The lowest BCUT2D eigenvalue weighted by Gasteiger charge is -2.21. The average molecular weight is 741 g/mol. The molecule has 0 saturated heterocycles. The van der Waals surface area contributed by atoms with Crippen LogP contribution >= 0.6 is 55.1 Å². The number of hydrazone groups is 1. The molecule has 0 aliphatic heterocycles. The summed E-state index contributed by atoms with van der Waals surface area (Å²) in [7, 11) is 2.91. The topological polar surface area (TPSA) is 125 Å². The maximum absolute atomic E-state index is 14.0. The number of hydrogen-bond acceptors (Lipinski definition) is 7. The number of aromatic hydroxyl groups is 1. The summed E-state index contributed by atoms with van der Waals surface area (Å²) in [5.41, 5.74) is -0.597. The van der Waals surface area contributed by atoms with Crippen molar-refractivity contribution in [2.24, 2.45) is 12.1 Å². The SMILES string of the molecule is CC(=NN(C)C(C)C(=O)Cc1c(F)ccc(Cl)c1Br)C(=O)O.Cc1nn(C)c(=O)c(-c2c(F)ccc(Cl)c2Br)c1O. The molecule has 41 heavy (non-hydrogen) atoms. The van der Waals surface area contributed by atoms with Crippen LogP contribution in [-0.2, 0) is 23.1 Å². The monoisotopic (exact) mass is 738 g/mol. The highest BCUT2D eigenvalue weighted by Crippen LogP contribution is 2.38. The Morgan fingerprint density at radius 2 is 1.63 bits per heavy atom. The van der Waals surface area contributed by atoms with Crippen LogP contribution in [0.15, 0.2) is 43.1 Å². The molecule has 3 aromatic rings. The molecule has 1 heterocycles. The largest absolute Gasteiger partial charge is 0.505 e. The van der Waals surface area contributed by atoms with Gasteiger partial charge in [0.25, 0.3) is 5.56 Å². The Kier molecular flexibility index (Phi) is 12.0. The third-order valence-electron chi connectivity index (χ3n) is 5.81. The second-order valence-electron chi connectivity index (χ2n) is 8.66. The van der Waals surface area contributed by atoms with Crippen LogP contribution in [0.5, 0.6) is 5.75 Å². The number of Topliss-reactive ketones (excluding diaryl/α,β-unsaturated/α-hetero) is 1. The van der Waals surface area contributed by atoms with Gasteiger partial charge < -0.3 is 10.2 Å². The molecule has 0 aliphatic carbocycles. The number of carboxylic acids is 1. The van der Waals surface area contributed by atoms with Crippen molar-refractivity contribution in [2.45, 2.75) is 33.2 Å². The van der Waals surface area contributed by atoms with Gasteiger partial charge in [0, 0.05) is 40.6 Å². The minimum absolute atomic E-state index is 0.0731. The average Bonchev–Trinajstić information content (AvgIpc) is 2.91. The van der Waals surface area contributed by atoms with Gasteiger partial charge in [-0.15, -0.1) is 0 Å². The predicted octanol–water partition coefficient (Wildman–Crippen LogP) is 6.15. The highest BCUT2D eigenvalue weighted by molar-refractivity contribution is 9.11. The third-order valence-corrected chi connectivity index (χ3v) is 8.63. The second-order valence-corrected chi connectivity index (χ2v) is 11.1. The standard InChI is InChI=1S/C14H15BrClFN2O3.C12H9BrClFN2O2/c1-7(14(21)22)18-19(3)8(2)12(20)6-9-11(17)5-4-10(16)13(9)15;1-5-11(18)9(12(19)17(2)16-5)8-7(15)4-3-6(14)10(8)13/h4-5,8H,6H2,1-3H3,(H,21,22);3-4,18H,1-2H3. The molecular weight excluding hydrogens is 717 g/mol. The van der Waals surface area contributed by atoms with Crippen LogP contribution in [0, 0.1) is 18.6 Å². The van der Waals surface area contributed by atoms with Crippen molar-refractivity contribution in [2.75, 3.05) is 7.05 Å². The molecule has 0 amide bonds. The summed E-state index contributed by atoms with van der Waals surface area (Å²) in [5.74, 6) is -3.04. The molecule has 0 bridgehead atoms. The number of nitrogens with zero attached hydrogens (tertiary/aromatic N) is 4. The van der Waals surface area contributed by atoms with Crippen molar-refractivity contribution < 1.29 is 28.6 Å². The van der Waals surface area contributed by atoms with Crippen molar-refractivity contribution >= 4 is 72.5 Å². The van der Waals surface area contributed by atoms with E-state index in [2.05, 4.69) is 42.1 Å². The number of rotatable bonds is 7. The van der Waals surface area contributed by atoms with Crippen LogP contribution in [0.4, 0.5) is 8.78 Å². The van der Waals surface area contributed by atoms with Gasteiger partial charge in [-0.3, -0.25) is 14.6 Å². The second kappa shape index (κ2) is 14.3. The smallest absolute Gasteiger partial charge is 0.351 e. The van der Waals surface area contributed by atoms with Crippen LogP contribution in [-0.4, -0.2) is 55.6 Å². The number of aryl methyl sites for hydroxylation is 2. The van der Waals surface area contributed by atoms with E-state index < -0.39 is 29.2 Å². The molecule has 1 unspecified atom stereocenters. The zero-order valence-electron chi connectivity index (χ0n) is 22.3. The fourth-order valence-electron chi connectivity index (χ4n) is 3.37. The highest BCUT2D eigenvalue weighted by Gasteiger charge is 2.23. The van der Waals surface area contributed by atoms with Crippen molar-refractivity contribution in [3.8, 4) is 16.9 Å². The summed E-state index contributed by atoms with van der Waals surface area (Å²) in [6.07, 6.45) is -0.180. The lowest BCUT2D eigenvalue weighted by molar-refractivity contribution is -0.129. The molecule has 0 radical (unpaired) electrons. The van der Waals surface area contributed by atoms with Crippen LogP contribution in [0.3, 0.4) is 0 Å². The van der Waals surface area contributed by atoms with E-state index in [4.69, 9.17) is 28.3 Å². The van der Waals surface area contributed by atoms with Gasteiger partial charge in [-0.05, 0) is 76.9 Å². The van der Waals surface area contributed by atoms with Crippen molar-refractivity contribution in [3.63, 3.8) is 0 Å². The van der Waals surface area contributed by atoms with E-state index in [1.807, 2.05) is 0 Å². The van der Waals surface area contributed by atoms with Crippen molar-refractivity contribution in [3.05, 3.63) is 76.5 Å². The molecule has 1 atom stereocenters. The molecule has 3 rings (SSSR count). The van der Waals surface area contributed by atoms with Crippen molar-refractivity contribution in [1.29, 1.82) is 0 Å². The molecule has 1 aromatic heterocycles. The Morgan fingerprint density at radius 3 is 2.20 bits per heavy atom. The molecule has 9 nitrogen and oxygen atoms in total. The van der Waals surface area contributed by atoms with Gasteiger partial charge in [0.1, 0.15) is 29.1 Å². The van der Waals surface area contributed by atoms with Gasteiger partial charge >= 0.3 is 5.97 Å². The lowest BCUT2D eigenvalue weighted by atomic mass is 10.0. The number of carbonyl (C=O) groups excluding carboxylic acids is 1. The molecule has 0 fully saturated rings. The quantitative estimate of drug-likeness (QED) is 0.169. The fraction of sp³-hybridized carbons (Fsp3) is 0.269. The maximum atomic E-state index is 14.0. The summed E-state index contributed by atoms with van der Waals surface area (Å²) in [5, 5.41) is 28.2. The lowest BCUT2D eigenvalue weighted by Crippen LogP contribution is -2.35. The molecular formula is C26H24Br2Cl2F2N4O5. The number of likely N-dealkylation sites (N-methyl/N-ethyl adjacent to an activating group) is 1. The Labute approximate surface area is 260 Å². The zero-order chi connectivity index (χ0) is 31.3. The van der Waals surface area contributed by atoms with Gasteiger partial charge in [-0.2, -0.15) is 10.2 Å². The summed E-state index contributed by atoms with van der Waals surface area (Å²) in [6.45, 7) is 4.41. The Bertz CT molecular complexity index is 1600. The summed E-state index contributed by atoms with van der Waals surface area (Å²) >= 11 is 18.1. The minimum atomic E-state index is -1.17. The Balaban J connectivity index is 0.000000289. The van der Waals surface area contributed by atoms with Crippen molar-refractivity contribution in [1.82, 2.24) is 14.8 Å². The van der Waals surface area contributed by atoms with Crippen LogP contribution in [0.1, 0.15) is 25.1 Å². The number of aliphatic carboxylic acids is 1. The maximum Gasteiger partial charge on any atom is 0.351 e.